The molecule has 4 rings (SSSR count). The number of nitrogens with zero attached hydrogens (tertiary/aromatic N) is 4. The summed E-state index contributed by atoms with van der Waals surface area (Å²) in [7, 11) is 0. The van der Waals surface area contributed by atoms with Crippen molar-refractivity contribution < 1.29 is 0 Å². The summed E-state index contributed by atoms with van der Waals surface area (Å²) in [5.74, 6) is 1.72. The molecule has 0 amide bonds. The van der Waals surface area contributed by atoms with E-state index in [1.54, 1.807) is 12.4 Å². The molecular weight excluding hydrogens is 310 g/mol. The lowest BCUT2D eigenvalue weighted by atomic mass is 10.1. The smallest absolute Gasteiger partial charge is 0.162 e. The zero-order valence-electron chi connectivity index (χ0n) is 14.0. The monoisotopic (exact) mass is 331 g/mol. The van der Waals surface area contributed by atoms with Crippen molar-refractivity contribution in [1.29, 1.82) is 0 Å². The van der Waals surface area contributed by atoms with E-state index in [4.69, 9.17) is 15.7 Å². The minimum atomic E-state index is 0.298. The average Bonchev–Trinajstić information content (AvgIpc) is 2.69. The third-order valence-corrected chi connectivity index (χ3v) is 4.58. The van der Waals surface area contributed by atoms with Gasteiger partial charge in [-0.15, -0.1) is 0 Å². The van der Waals surface area contributed by atoms with Gasteiger partial charge in [-0.3, -0.25) is 4.98 Å². The van der Waals surface area contributed by atoms with Gasteiger partial charge in [-0.05, 0) is 25.0 Å². The van der Waals surface area contributed by atoms with E-state index in [0.717, 1.165) is 54.4 Å². The van der Waals surface area contributed by atoms with Crippen molar-refractivity contribution >= 4 is 5.82 Å². The fraction of sp³-hybridized carbons (Fsp3) is 0.250. The van der Waals surface area contributed by atoms with Crippen molar-refractivity contribution in [2.75, 3.05) is 18.0 Å². The highest BCUT2D eigenvalue weighted by molar-refractivity contribution is 5.67. The van der Waals surface area contributed by atoms with Crippen LogP contribution in [0.15, 0.2) is 60.9 Å². The molecule has 0 unspecified atom stereocenters. The molecule has 1 aliphatic heterocycles. The van der Waals surface area contributed by atoms with Gasteiger partial charge in [0.05, 0.1) is 5.69 Å². The molecule has 126 valence electrons. The summed E-state index contributed by atoms with van der Waals surface area (Å²) in [6, 6.07) is 16.4. The van der Waals surface area contributed by atoms with Crippen molar-refractivity contribution in [2.24, 2.45) is 5.73 Å². The van der Waals surface area contributed by atoms with Gasteiger partial charge in [0.1, 0.15) is 5.82 Å². The summed E-state index contributed by atoms with van der Waals surface area (Å²) in [5, 5.41) is 0. The molecular formula is C20H21N5. The van der Waals surface area contributed by atoms with Crippen LogP contribution >= 0.6 is 0 Å². The molecule has 25 heavy (non-hydrogen) atoms. The minimum absolute atomic E-state index is 0.298. The third-order valence-electron chi connectivity index (χ3n) is 4.58. The van der Waals surface area contributed by atoms with Crippen molar-refractivity contribution in [1.82, 2.24) is 15.0 Å². The van der Waals surface area contributed by atoms with Gasteiger partial charge in [0, 0.05) is 48.7 Å². The molecule has 0 radical (unpaired) electrons. The molecule has 1 saturated heterocycles. The van der Waals surface area contributed by atoms with Crippen molar-refractivity contribution in [3.05, 3.63) is 60.9 Å². The van der Waals surface area contributed by atoms with E-state index in [0.29, 0.717) is 6.04 Å². The second-order valence-corrected chi connectivity index (χ2v) is 6.36. The Labute approximate surface area is 147 Å². The van der Waals surface area contributed by atoms with Crippen LogP contribution in [0.5, 0.6) is 0 Å². The molecule has 0 spiro atoms. The number of aromatic nitrogens is 3. The van der Waals surface area contributed by atoms with E-state index < -0.39 is 0 Å². The van der Waals surface area contributed by atoms with Crippen molar-refractivity contribution in [3.63, 3.8) is 0 Å². The summed E-state index contributed by atoms with van der Waals surface area (Å²) >= 11 is 0. The van der Waals surface area contributed by atoms with Crippen LogP contribution in [0.3, 0.4) is 0 Å². The number of benzene rings is 1. The predicted molar refractivity (Wildman–Crippen MR) is 100 cm³/mol. The number of piperidine rings is 1. The van der Waals surface area contributed by atoms with Gasteiger partial charge in [0.25, 0.3) is 0 Å². The molecule has 0 bridgehead atoms. The summed E-state index contributed by atoms with van der Waals surface area (Å²) in [6.45, 7) is 1.87. The largest absolute Gasteiger partial charge is 0.356 e. The Balaban J connectivity index is 1.78. The molecule has 2 aromatic heterocycles. The molecule has 2 N–H and O–H groups in total. The maximum atomic E-state index is 6.05. The normalized spacial score (nSPS) is 15.3. The molecule has 0 atom stereocenters. The zero-order valence-corrected chi connectivity index (χ0v) is 14.0. The van der Waals surface area contributed by atoms with Crippen LogP contribution in [0.2, 0.25) is 0 Å². The lowest BCUT2D eigenvalue weighted by molar-refractivity contribution is 0.498. The first kappa shape index (κ1) is 15.7. The van der Waals surface area contributed by atoms with Crippen LogP contribution in [0.25, 0.3) is 22.6 Å². The first-order valence-corrected chi connectivity index (χ1v) is 8.65. The van der Waals surface area contributed by atoms with E-state index in [1.165, 1.54) is 0 Å². The SMILES string of the molecule is NC1CCN(c2cc(-c3ccncc3)nc(-c3ccccc3)n2)CC1. The maximum absolute atomic E-state index is 6.05. The van der Waals surface area contributed by atoms with E-state index in [-0.39, 0.29) is 0 Å². The second-order valence-electron chi connectivity index (χ2n) is 6.36. The highest BCUT2D eigenvalue weighted by Gasteiger charge is 2.19. The van der Waals surface area contributed by atoms with Crippen LogP contribution in [0.1, 0.15) is 12.8 Å². The predicted octanol–water partition coefficient (Wildman–Crippen LogP) is 3.13. The first-order valence-electron chi connectivity index (χ1n) is 8.65. The molecule has 5 nitrogen and oxygen atoms in total. The van der Waals surface area contributed by atoms with Crippen LogP contribution in [0, 0.1) is 0 Å². The zero-order chi connectivity index (χ0) is 17.1. The number of rotatable bonds is 3. The Kier molecular flexibility index (Phi) is 4.39. The molecule has 3 aromatic rings. The highest BCUT2D eigenvalue weighted by atomic mass is 15.2. The van der Waals surface area contributed by atoms with Gasteiger partial charge < -0.3 is 10.6 Å². The van der Waals surface area contributed by atoms with Crippen LogP contribution < -0.4 is 10.6 Å². The van der Waals surface area contributed by atoms with Gasteiger partial charge >= 0.3 is 0 Å². The van der Waals surface area contributed by atoms with Gasteiger partial charge in [0.15, 0.2) is 5.82 Å². The van der Waals surface area contributed by atoms with Gasteiger partial charge in [0.2, 0.25) is 0 Å². The lowest BCUT2D eigenvalue weighted by Crippen LogP contribution is -2.40. The Hall–Kier alpha value is -2.79. The quantitative estimate of drug-likeness (QED) is 0.798. The Bertz CT molecular complexity index is 769. The molecule has 3 heterocycles. The Morgan fingerprint density at radius 1 is 0.880 bits per heavy atom. The van der Waals surface area contributed by atoms with Crippen LogP contribution in [0.4, 0.5) is 5.82 Å². The minimum Gasteiger partial charge on any atom is -0.356 e. The Morgan fingerprint density at radius 2 is 1.60 bits per heavy atom. The topological polar surface area (TPSA) is 67.9 Å². The van der Waals surface area contributed by atoms with Crippen molar-refractivity contribution in [2.45, 2.75) is 18.9 Å². The molecule has 0 aliphatic carbocycles. The van der Waals surface area contributed by atoms with E-state index in [1.807, 2.05) is 42.5 Å². The number of hydrogen-bond donors (Lipinski definition) is 1. The summed E-state index contributed by atoms with van der Waals surface area (Å²) in [5.41, 5.74) is 9.04. The number of pyridine rings is 1. The number of hydrogen-bond acceptors (Lipinski definition) is 5. The second kappa shape index (κ2) is 6.99. The van der Waals surface area contributed by atoms with E-state index >= 15 is 0 Å². The fourth-order valence-electron chi connectivity index (χ4n) is 3.11. The van der Waals surface area contributed by atoms with Crippen LogP contribution in [-0.2, 0) is 0 Å². The van der Waals surface area contributed by atoms with Gasteiger partial charge in [-0.1, -0.05) is 30.3 Å². The van der Waals surface area contributed by atoms with Gasteiger partial charge in [-0.25, -0.2) is 9.97 Å². The number of nitrogens with two attached hydrogens (primary N) is 1. The molecule has 1 fully saturated rings. The lowest BCUT2D eigenvalue weighted by Gasteiger charge is -2.31. The van der Waals surface area contributed by atoms with Crippen LogP contribution in [-0.4, -0.2) is 34.1 Å². The molecule has 1 aromatic carbocycles. The average molecular weight is 331 g/mol. The fourth-order valence-corrected chi connectivity index (χ4v) is 3.11. The molecule has 5 heteroatoms. The molecule has 0 saturated carbocycles. The Morgan fingerprint density at radius 3 is 2.32 bits per heavy atom. The van der Waals surface area contributed by atoms with E-state index in [9.17, 15) is 0 Å². The summed E-state index contributed by atoms with van der Waals surface area (Å²) in [6.07, 6.45) is 5.57. The first-order chi connectivity index (χ1) is 12.3. The maximum Gasteiger partial charge on any atom is 0.162 e. The summed E-state index contributed by atoms with van der Waals surface area (Å²) < 4.78 is 0. The number of anilines is 1. The summed E-state index contributed by atoms with van der Waals surface area (Å²) in [4.78, 5) is 16.0. The third kappa shape index (κ3) is 3.51. The molecule has 1 aliphatic rings. The van der Waals surface area contributed by atoms with E-state index in [2.05, 4.69) is 16.0 Å². The van der Waals surface area contributed by atoms with Crippen molar-refractivity contribution in [3.8, 4) is 22.6 Å². The standard InChI is InChI=1S/C20H21N5/c21-17-8-12-25(13-9-17)19-14-18(15-6-10-22-11-7-15)23-20(24-19)16-4-2-1-3-5-16/h1-7,10-11,14,17H,8-9,12-13,21H2. The van der Waals surface area contributed by atoms with Gasteiger partial charge in [-0.2, -0.15) is 0 Å². The highest BCUT2D eigenvalue weighted by Crippen LogP contribution is 2.27.